The van der Waals surface area contributed by atoms with Gasteiger partial charge in [-0.2, -0.15) is 14.8 Å². The summed E-state index contributed by atoms with van der Waals surface area (Å²) in [4.78, 5) is 14.4. The number of aryl methyl sites for hydroxylation is 1. The van der Waals surface area contributed by atoms with Gasteiger partial charge in [0.2, 0.25) is 15.9 Å². The zero-order valence-electron chi connectivity index (χ0n) is 12.1. The van der Waals surface area contributed by atoms with Crippen LogP contribution in [0.3, 0.4) is 0 Å². The van der Waals surface area contributed by atoms with Crippen LogP contribution in [0.15, 0.2) is 21.8 Å². The number of nitrogens with one attached hydrogen (secondary N) is 1. The maximum absolute atomic E-state index is 12.3. The van der Waals surface area contributed by atoms with Crippen LogP contribution in [0.4, 0.5) is 0 Å². The van der Waals surface area contributed by atoms with E-state index in [0.717, 1.165) is 17.1 Å². The number of nitrogens with zero attached hydrogens (tertiary/aromatic N) is 4. The minimum Gasteiger partial charge on any atom is -0.480 e. The molecule has 0 aliphatic heterocycles. The molecule has 2 aromatic rings. The summed E-state index contributed by atoms with van der Waals surface area (Å²) in [5.74, 6) is -0.620. The highest BCUT2D eigenvalue weighted by Crippen LogP contribution is 2.20. The molecule has 0 spiro atoms. The van der Waals surface area contributed by atoms with E-state index in [0.29, 0.717) is 5.89 Å². The number of hydrogen-bond acceptors (Lipinski definition) is 7. The third-order valence-corrected chi connectivity index (χ3v) is 4.30. The van der Waals surface area contributed by atoms with Crippen molar-refractivity contribution in [1.82, 2.24) is 24.6 Å². The third kappa shape index (κ3) is 3.49. The molecule has 0 radical (unpaired) electrons. The summed E-state index contributed by atoms with van der Waals surface area (Å²) in [6, 6.07) is 0. The Kier molecular flexibility index (Phi) is 4.02. The predicted molar refractivity (Wildman–Crippen MR) is 72.2 cm³/mol. The van der Waals surface area contributed by atoms with Crippen LogP contribution in [0.5, 0.6) is 0 Å². The molecule has 2 rings (SSSR count). The third-order valence-electron chi connectivity index (χ3n) is 2.69. The molecule has 2 heterocycles. The summed E-state index contributed by atoms with van der Waals surface area (Å²) in [5.41, 5.74) is -1.11. The van der Waals surface area contributed by atoms with Gasteiger partial charge in [0.05, 0.1) is 11.7 Å². The van der Waals surface area contributed by atoms with Crippen LogP contribution in [-0.2, 0) is 26.9 Å². The van der Waals surface area contributed by atoms with Gasteiger partial charge in [0.1, 0.15) is 11.4 Å². The van der Waals surface area contributed by atoms with Crippen LogP contribution in [0, 0.1) is 6.92 Å². The Balaban J connectivity index is 2.23. The van der Waals surface area contributed by atoms with E-state index in [-0.39, 0.29) is 10.7 Å². The molecular weight excluding hydrogens is 314 g/mol. The van der Waals surface area contributed by atoms with Gasteiger partial charge < -0.3 is 9.63 Å². The first-order valence-electron chi connectivity index (χ1n) is 6.19. The van der Waals surface area contributed by atoms with E-state index in [1.165, 1.54) is 0 Å². The van der Waals surface area contributed by atoms with Gasteiger partial charge in [0.25, 0.3) is 0 Å². The number of rotatable bonds is 6. The Bertz CT molecular complexity index is 791. The molecule has 11 heteroatoms. The highest BCUT2D eigenvalue weighted by atomic mass is 32.2. The smallest absolute Gasteiger partial charge is 0.325 e. The maximum atomic E-state index is 12.3. The first-order chi connectivity index (χ1) is 10.1. The number of aromatic nitrogens is 4. The van der Waals surface area contributed by atoms with Crippen molar-refractivity contribution < 1.29 is 22.8 Å². The number of carboxylic acid groups (broad SMARTS) is 1. The highest BCUT2D eigenvalue weighted by Gasteiger charge is 2.32. The molecule has 0 saturated heterocycles. The van der Waals surface area contributed by atoms with Crippen LogP contribution in [0.25, 0.3) is 0 Å². The zero-order valence-corrected chi connectivity index (χ0v) is 13.0. The fourth-order valence-corrected chi connectivity index (χ4v) is 3.03. The van der Waals surface area contributed by atoms with Crippen LogP contribution < -0.4 is 4.72 Å². The van der Waals surface area contributed by atoms with E-state index < -0.39 is 28.1 Å². The van der Waals surface area contributed by atoms with Crippen LogP contribution in [0.1, 0.15) is 25.6 Å². The van der Waals surface area contributed by atoms with Gasteiger partial charge in [0.15, 0.2) is 5.82 Å². The topological polar surface area (TPSA) is 140 Å². The summed E-state index contributed by atoms with van der Waals surface area (Å²) < 4.78 is 32.9. The fraction of sp³-hybridized carbons (Fsp3) is 0.455. The van der Waals surface area contributed by atoms with E-state index in [9.17, 15) is 13.2 Å². The van der Waals surface area contributed by atoms with E-state index in [1.54, 1.807) is 20.8 Å². The lowest BCUT2D eigenvalue weighted by Crippen LogP contribution is -2.41. The maximum Gasteiger partial charge on any atom is 0.325 e. The normalized spacial score (nSPS) is 12.5. The molecule has 0 bridgehead atoms. The first kappa shape index (κ1) is 16.1. The molecule has 0 amide bonds. The molecule has 0 aliphatic carbocycles. The van der Waals surface area contributed by atoms with Crippen molar-refractivity contribution >= 4 is 16.0 Å². The lowest BCUT2D eigenvalue weighted by molar-refractivity contribution is -0.137. The van der Waals surface area contributed by atoms with E-state index in [4.69, 9.17) is 9.63 Å². The van der Waals surface area contributed by atoms with Crippen molar-refractivity contribution in [2.45, 2.75) is 37.8 Å². The molecule has 0 aliphatic rings. The molecule has 10 nitrogen and oxygen atoms in total. The van der Waals surface area contributed by atoms with Crippen molar-refractivity contribution in [2.24, 2.45) is 0 Å². The molecule has 120 valence electrons. The molecule has 2 N–H and O–H groups in total. The lowest BCUT2D eigenvalue weighted by Gasteiger charge is -2.21. The van der Waals surface area contributed by atoms with Crippen molar-refractivity contribution in [2.75, 3.05) is 0 Å². The minimum atomic E-state index is -3.92. The number of aliphatic carboxylic acids is 1. The van der Waals surface area contributed by atoms with Crippen molar-refractivity contribution in [3.63, 3.8) is 0 Å². The molecule has 0 unspecified atom stereocenters. The Morgan fingerprint density at radius 3 is 2.73 bits per heavy atom. The minimum absolute atomic E-state index is 0.151. The van der Waals surface area contributed by atoms with Crippen molar-refractivity contribution in [3.05, 3.63) is 24.1 Å². The Labute approximate surface area is 126 Å². The van der Waals surface area contributed by atoms with E-state index in [2.05, 4.69) is 20.0 Å². The van der Waals surface area contributed by atoms with Crippen LogP contribution in [-0.4, -0.2) is 39.4 Å². The SMILES string of the molecule is Cc1nc(C(C)(C)NS(=O)(=O)c2cnn(CC(=O)O)c2)no1. The second-order valence-electron chi connectivity index (χ2n) is 5.13. The van der Waals surface area contributed by atoms with Gasteiger partial charge in [-0.1, -0.05) is 5.16 Å². The first-order valence-corrected chi connectivity index (χ1v) is 7.67. The Hall–Kier alpha value is -2.27. The van der Waals surface area contributed by atoms with E-state index in [1.807, 2.05) is 0 Å². The van der Waals surface area contributed by atoms with Gasteiger partial charge in [-0.05, 0) is 13.8 Å². The number of sulfonamides is 1. The Morgan fingerprint density at radius 2 is 2.18 bits per heavy atom. The summed E-state index contributed by atoms with van der Waals surface area (Å²) in [6.45, 7) is 4.33. The largest absolute Gasteiger partial charge is 0.480 e. The fourth-order valence-electron chi connectivity index (χ4n) is 1.70. The molecule has 0 atom stereocenters. The predicted octanol–water partition coefficient (Wildman–Crippen LogP) is -0.127. The number of carboxylic acids is 1. The summed E-state index contributed by atoms with van der Waals surface area (Å²) in [7, 11) is -3.92. The summed E-state index contributed by atoms with van der Waals surface area (Å²) >= 11 is 0. The van der Waals surface area contributed by atoms with Gasteiger partial charge in [-0.3, -0.25) is 9.48 Å². The van der Waals surface area contributed by atoms with Gasteiger partial charge >= 0.3 is 5.97 Å². The number of carbonyl (C=O) groups is 1. The van der Waals surface area contributed by atoms with Gasteiger partial charge in [-0.15, -0.1) is 0 Å². The standard InChI is InChI=1S/C11H15N5O5S/c1-7-13-10(14-21-7)11(2,3)15-22(19,20)8-4-12-16(5-8)6-9(17)18/h4-5,15H,6H2,1-3H3,(H,17,18). The highest BCUT2D eigenvalue weighted by molar-refractivity contribution is 7.89. The van der Waals surface area contributed by atoms with Crippen LogP contribution >= 0.6 is 0 Å². The monoisotopic (exact) mass is 329 g/mol. The van der Waals surface area contributed by atoms with Crippen LogP contribution in [0.2, 0.25) is 0 Å². The van der Waals surface area contributed by atoms with Gasteiger partial charge in [-0.25, -0.2) is 8.42 Å². The second-order valence-corrected chi connectivity index (χ2v) is 6.82. The summed E-state index contributed by atoms with van der Waals surface area (Å²) in [5, 5.41) is 16.1. The summed E-state index contributed by atoms with van der Waals surface area (Å²) in [6.07, 6.45) is 2.21. The molecular formula is C11H15N5O5S. The van der Waals surface area contributed by atoms with E-state index >= 15 is 0 Å². The number of hydrogen-bond donors (Lipinski definition) is 2. The van der Waals surface area contributed by atoms with Crippen molar-refractivity contribution in [1.29, 1.82) is 0 Å². The lowest BCUT2D eigenvalue weighted by atomic mass is 10.1. The average Bonchev–Trinajstić information content (AvgIpc) is 2.96. The molecule has 22 heavy (non-hydrogen) atoms. The molecule has 0 saturated carbocycles. The molecule has 2 aromatic heterocycles. The average molecular weight is 329 g/mol. The Morgan fingerprint density at radius 1 is 1.50 bits per heavy atom. The van der Waals surface area contributed by atoms with Crippen molar-refractivity contribution in [3.8, 4) is 0 Å². The molecule has 0 fully saturated rings. The second kappa shape index (κ2) is 5.50. The van der Waals surface area contributed by atoms with Gasteiger partial charge in [0, 0.05) is 13.1 Å². The quantitative estimate of drug-likeness (QED) is 0.747. The molecule has 0 aromatic carbocycles. The zero-order chi connectivity index (χ0) is 16.5.